The summed E-state index contributed by atoms with van der Waals surface area (Å²) in [5, 5.41) is 6.06. The van der Waals surface area contributed by atoms with Crippen LogP contribution in [0, 0.1) is 5.41 Å². The van der Waals surface area contributed by atoms with Crippen LogP contribution in [0.25, 0.3) is 0 Å². The van der Waals surface area contributed by atoms with Crippen LogP contribution in [0.5, 0.6) is 0 Å². The van der Waals surface area contributed by atoms with Crippen molar-refractivity contribution in [3.05, 3.63) is 0 Å². The summed E-state index contributed by atoms with van der Waals surface area (Å²) in [5.41, 5.74) is 8.94. The minimum atomic E-state index is -5.17. The maximum Gasteiger partial charge on any atom is 3.00 e. The summed E-state index contributed by atoms with van der Waals surface area (Å²) >= 11 is 0. The van der Waals surface area contributed by atoms with Crippen LogP contribution in [0.3, 0.4) is 0 Å². The Morgan fingerprint density at radius 3 is 1.06 bits per heavy atom. The average Bonchev–Trinajstić information content (AvgIpc) is 1.45. The van der Waals surface area contributed by atoms with Gasteiger partial charge in [0.2, 0.25) is 10.4 Å². The van der Waals surface area contributed by atoms with Crippen LogP contribution in [0.4, 0.5) is 0 Å². The Hall–Kier alpha value is -0.498. The van der Waals surface area contributed by atoms with Crippen LogP contribution in [0.1, 0.15) is 0 Å². The van der Waals surface area contributed by atoms with Gasteiger partial charge in [-0.15, -0.1) is 0 Å². The molecule has 0 saturated heterocycles. The predicted molar refractivity (Wildman–Crippen MR) is 48.3 cm³/mol. The van der Waals surface area contributed by atoms with Gasteiger partial charge >= 0.3 is 17.4 Å². The molecule has 0 aliphatic rings. The Bertz CT molecular complexity index is 295. The molecule has 0 unspecified atom stereocenters. The van der Waals surface area contributed by atoms with Gasteiger partial charge in [-0.2, -0.15) is 0 Å². The zero-order valence-corrected chi connectivity index (χ0v) is 10.1. The third-order valence-corrected chi connectivity index (χ3v) is 0. The predicted octanol–water partition coefficient (Wildman–Crippen LogP) is -4.70. The maximum absolute atomic E-state index is 8.63. The van der Waals surface area contributed by atoms with E-state index in [0.29, 0.717) is 0 Å². The van der Waals surface area contributed by atoms with Crippen molar-refractivity contribution in [2.24, 2.45) is 11.5 Å². The van der Waals surface area contributed by atoms with Crippen molar-refractivity contribution in [1.29, 1.82) is 5.41 Å². The average molecular weight is 297 g/mol. The van der Waals surface area contributed by atoms with E-state index < -0.39 is 20.8 Å². The molecule has 8 N–H and O–H groups in total. The molecule has 0 atom stereocenters. The van der Waals surface area contributed by atoms with E-state index in [1.807, 2.05) is 0 Å². The van der Waals surface area contributed by atoms with E-state index in [0.717, 1.165) is 0 Å². The molecule has 0 aromatic rings. The molecule has 96 valence electrons. The van der Waals surface area contributed by atoms with Gasteiger partial charge in [0.1, 0.15) is 0 Å². The van der Waals surface area contributed by atoms with Crippen molar-refractivity contribution >= 4 is 44.1 Å². The molecule has 15 heteroatoms. The normalized spacial score (nSPS) is 8.75. The van der Waals surface area contributed by atoms with Gasteiger partial charge in [0.15, 0.2) is 5.96 Å². The van der Waals surface area contributed by atoms with Gasteiger partial charge in [-0.3, -0.25) is 18.4 Å². The van der Waals surface area contributed by atoms with Crippen LogP contribution in [-0.2, 0) is 20.8 Å². The molecule has 12 nitrogen and oxygen atoms in total. The van der Waals surface area contributed by atoms with Crippen molar-refractivity contribution in [2.75, 3.05) is 0 Å². The molecule has 0 saturated carbocycles. The molecule has 16 heavy (non-hydrogen) atoms. The molecule has 0 heterocycles. The number of guanidine groups is 1. The second-order valence-corrected chi connectivity index (χ2v) is 2.96. The molecule has 0 bridgehead atoms. The summed E-state index contributed by atoms with van der Waals surface area (Å²) < 4.78 is 66.9. The van der Waals surface area contributed by atoms with E-state index in [2.05, 4.69) is 11.5 Å². The maximum atomic E-state index is 8.63. The number of nitrogens with one attached hydrogen (secondary N) is 1. The van der Waals surface area contributed by atoms with E-state index >= 15 is 0 Å². The van der Waals surface area contributed by atoms with E-state index in [4.69, 9.17) is 40.5 Å². The van der Waals surface area contributed by atoms with Crippen molar-refractivity contribution in [3.63, 3.8) is 0 Å². The Labute approximate surface area is 102 Å². The fourth-order valence-electron chi connectivity index (χ4n) is 0. The second kappa shape index (κ2) is 12.6. The first-order valence-corrected chi connectivity index (χ1v) is 4.88. The van der Waals surface area contributed by atoms with Gasteiger partial charge in [-0.25, -0.2) is 8.42 Å². The van der Waals surface area contributed by atoms with Crippen LogP contribution in [0.15, 0.2) is 0 Å². The number of hydrogen-bond donors (Lipinski definition) is 4. The Balaban J connectivity index is -0.0000000358. The summed E-state index contributed by atoms with van der Waals surface area (Å²) in [6.07, 6.45) is 0. The fourth-order valence-corrected chi connectivity index (χ4v) is 0. The third kappa shape index (κ3) is 8530. The minimum absolute atomic E-state index is 0. The zero-order valence-electron chi connectivity index (χ0n) is 7.35. The Morgan fingerprint density at radius 2 is 1.06 bits per heavy atom. The molecule has 0 radical (unpaired) electrons. The number of hydrogen-bond acceptors (Lipinski definition) is 8. The van der Waals surface area contributed by atoms with Crippen LogP contribution in [-0.4, -0.2) is 63.8 Å². The molecular formula is CH8AlN3O9S2. The largest absolute Gasteiger partial charge is 3.00 e. The van der Waals surface area contributed by atoms with E-state index in [1.54, 1.807) is 0 Å². The Kier molecular flexibility index (Phi) is 23.2. The van der Waals surface area contributed by atoms with Gasteiger partial charge in [-0.05, 0) is 0 Å². The van der Waals surface area contributed by atoms with Crippen molar-refractivity contribution in [1.82, 2.24) is 0 Å². The molecule has 0 amide bonds. The number of rotatable bonds is 0. The van der Waals surface area contributed by atoms with Crippen LogP contribution in [0.2, 0.25) is 0 Å². The van der Waals surface area contributed by atoms with Gasteiger partial charge in [-0.1, -0.05) is 0 Å². The molecule has 0 rings (SSSR count). The first kappa shape index (κ1) is 29.6. The summed E-state index contributed by atoms with van der Waals surface area (Å²) in [6.45, 7) is 0. The smallest absolute Gasteiger partial charge is 0.759 e. The van der Waals surface area contributed by atoms with Crippen LogP contribution >= 0.6 is 0 Å². The molecule has 0 fully saturated rings. The molecule has 0 aliphatic heterocycles. The first-order valence-electron chi connectivity index (χ1n) is 2.18. The topological polar surface area (TPSA) is 265 Å². The SMILES string of the molecule is N=C(N)N.O.O=S(=O)([O-])O.O=S(=O)([O-])[O-].[Al+3]. The van der Waals surface area contributed by atoms with Crippen molar-refractivity contribution in [3.8, 4) is 0 Å². The van der Waals surface area contributed by atoms with Gasteiger partial charge in [0, 0.05) is 10.4 Å². The standard InChI is InChI=1S/CH5N3.Al.2H2O4S.H2O/c2-1(3)4;;2*1-5(2,3)4;/h(H5,2,3,4);;2*(H2,1,2,3,4);1H2/q;+3;;;/p-3. The van der Waals surface area contributed by atoms with E-state index in [-0.39, 0.29) is 28.8 Å². The summed E-state index contributed by atoms with van der Waals surface area (Å²) in [5.74, 6) is -0.333. The van der Waals surface area contributed by atoms with E-state index in [1.165, 1.54) is 0 Å². The monoisotopic (exact) mass is 297 g/mol. The van der Waals surface area contributed by atoms with Gasteiger partial charge < -0.3 is 30.6 Å². The quantitative estimate of drug-likeness (QED) is 0.109. The molecule has 0 aliphatic carbocycles. The van der Waals surface area contributed by atoms with Gasteiger partial charge in [0.05, 0.1) is 0 Å². The minimum Gasteiger partial charge on any atom is -0.759 e. The number of nitrogens with two attached hydrogens (primary N) is 2. The molecular weight excluding hydrogens is 289 g/mol. The summed E-state index contributed by atoms with van der Waals surface area (Å²) in [4.78, 5) is 0. The van der Waals surface area contributed by atoms with E-state index in [9.17, 15) is 0 Å². The summed E-state index contributed by atoms with van der Waals surface area (Å²) in [7, 11) is -10.1. The van der Waals surface area contributed by atoms with Gasteiger partial charge in [0.25, 0.3) is 0 Å². The summed E-state index contributed by atoms with van der Waals surface area (Å²) in [6, 6.07) is 0. The van der Waals surface area contributed by atoms with Crippen molar-refractivity contribution < 1.29 is 40.5 Å². The fraction of sp³-hybridized carbons (Fsp3) is 0. The third-order valence-electron chi connectivity index (χ3n) is 0. The second-order valence-electron chi connectivity index (χ2n) is 1.29. The zero-order chi connectivity index (χ0) is 12.6. The van der Waals surface area contributed by atoms with Crippen LogP contribution < -0.4 is 11.5 Å². The molecule has 0 aromatic carbocycles. The molecule has 0 spiro atoms. The Morgan fingerprint density at radius 1 is 1.06 bits per heavy atom. The molecule has 0 aromatic heterocycles. The first-order chi connectivity index (χ1) is 5.73. The van der Waals surface area contributed by atoms with Crippen molar-refractivity contribution in [2.45, 2.75) is 0 Å².